The van der Waals surface area contributed by atoms with Gasteiger partial charge in [-0.15, -0.1) is 0 Å². The first-order chi connectivity index (χ1) is 15.5. The van der Waals surface area contributed by atoms with Crippen LogP contribution in [0.5, 0.6) is 5.75 Å². The van der Waals surface area contributed by atoms with Crippen LogP contribution in [0, 0.1) is 0 Å². The van der Waals surface area contributed by atoms with Crippen molar-refractivity contribution in [1.29, 1.82) is 0 Å². The van der Waals surface area contributed by atoms with Gasteiger partial charge in [0, 0.05) is 25.4 Å². The molecule has 1 N–H and O–H groups in total. The summed E-state index contributed by atoms with van der Waals surface area (Å²) in [7, 11) is 3.19. The molecule has 0 unspecified atom stereocenters. The molecule has 162 valence electrons. The Morgan fingerprint density at radius 3 is 2.53 bits per heavy atom. The van der Waals surface area contributed by atoms with Crippen LogP contribution in [0.4, 0.5) is 0 Å². The Morgan fingerprint density at radius 1 is 1.06 bits per heavy atom. The molecule has 0 fully saturated rings. The zero-order valence-corrected chi connectivity index (χ0v) is 17.7. The number of hydrogen-bond donors (Lipinski definition) is 1. The lowest BCUT2D eigenvalue weighted by atomic mass is 10.1. The topological polar surface area (TPSA) is 95.2 Å². The van der Waals surface area contributed by atoms with Crippen LogP contribution in [0.25, 0.3) is 10.9 Å². The lowest BCUT2D eigenvalue weighted by Crippen LogP contribution is -2.39. The monoisotopic (exact) mass is 430 g/mol. The van der Waals surface area contributed by atoms with Crippen molar-refractivity contribution in [2.45, 2.75) is 13.1 Å². The average molecular weight is 430 g/mol. The number of benzene rings is 2. The van der Waals surface area contributed by atoms with Gasteiger partial charge in [0.15, 0.2) is 0 Å². The predicted molar refractivity (Wildman–Crippen MR) is 121 cm³/mol. The summed E-state index contributed by atoms with van der Waals surface area (Å²) in [6, 6.07) is 17.4. The largest absolute Gasteiger partial charge is 0.497 e. The average Bonchev–Trinajstić information content (AvgIpc) is 2.84. The lowest BCUT2D eigenvalue weighted by molar-refractivity contribution is 0.0951. The molecule has 32 heavy (non-hydrogen) atoms. The molecule has 0 atom stereocenters. The number of carbonyl (C=O) groups is 1. The summed E-state index contributed by atoms with van der Waals surface area (Å²) in [5.74, 6) is 0.425. The standard InChI is InChI=1S/C24H22N4O4/c1-27-21-11-8-17(22(29)26-14-16-6-9-19(32-2)10-7-16)13-20(21)23(30)28(24(27)31)15-18-5-3-4-12-25-18/h3-13H,14-15H2,1-2H3,(H,26,29). The molecule has 0 saturated heterocycles. The fourth-order valence-corrected chi connectivity index (χ4v) is 3.48. The van der Waals surface area contributed by atoms with Gasteiger partial charge in [-0.3, -0.25) is 23.7 Å². The third-order valence-electron chi connectivity index (χ3n) is 5.27. The van der Waals surface area contributed by atoms with E-state index in [-0.39, 0.29) is 12.5 Å². The van der Waals surface area contributed by atoms with Crippen molar-refractivity contribution in [3.63, 3.8) is 0 Å². The molecule has 0 aliphatic carbocycles. The number of rotatable bonds is 6. The van der Waals surface area contributed by atoms with E-state index in [0.29, 0.717) is 28.7 Å². The van der Waals surface area contributed by atoms with Crippen LogP contribution in [0.1, 0.15) is 21.6 Å². The Hall–Kier alpha value is -4.20. The molecule has 2 aromatic heterocycles. The Morgan fingerprint density at radius 2 is 1.84 bits per heavy atom. The molecule has 2 heterocycles. The van der Waals surface area contributed by atoms with Crippen molar-refractivity contribution in [1.82, 2.24) is 19.4 Å². The maximum atomic E-state index is 13.1. The first-order valence-corrected chi connectivity index (χ1v) is 10.0. The smallest absolute Gasteiger partial charge is 0.331 e. The van der Waals surface area contributed by atoms with Gasteiger partial charge >= 0.3 is 5.69 Å². The molecule has 0 aliphatic heterocycles. The van der Waals surface area contributed by atoms with E-state index in [1.54, 1.807) is 50.7 Å². The Kier molecular flexibility index (Phi) is 5.85. The van der Waals surface area contributed by atoms with Crippen molar-refractivity contribution in [2.75, 3.05) is 7.11 Å². The minimum Gasteiger partial charge on any atom is -0.497 e. The lowest BCUT2D eigenvalue weighted by Gasteiger charge is -2.12. The number of nitrogens with one attached hydrogen (secondary N) is 1. The Bertz CT molecular complexity index is 1390. The minimum absolute atomic E-state index is 0.0518. The van der Waals surface area contributed by atoms with Gasteiger partial charge in [-0.2, -0.15) is 0 Å². The van der Waals surface area contributed by atoms with Gasteiger partial charge in [-0.05, 0) is 48.0 Å². The van der Waals surface area contributed by atoms with Gasteiger partial charge in [0.05, 0.1) is 30.3 Å². The van der Waals surface area contributed by atoms with E-state index in [4.69, 9.17) is 4.74 Å². The molecule has 4 aromatic rings. The predicted octanol–water partition coefficient (Wildman–Crippen LogP) is 2.08. The van der Waals surface area contributed by atoms with Gasteiger partial charge in [-0.1, -0.05) is 18.2 Å². The van der Waals surface area contributed by atoms with Crippen LogP contribution < -0.4 is 21.3 Å². The van der Waals surface area contributed by atoms with Crippen LogP contribution in [0.2, 0.25) is 0 Å². The third kappa shape index (κ3) is 4.15. The number of aryl methyl sites for hydroxylation is 1. The molecule has 8 nitrogen and oxygen atoms in total. The number of methoxy groups -OCH3 is 1. The first-order valence-electron chi connectivity index (χ1n) is 10.0. The number of ether oxygens (including phenoxy) is 1. The van der Waals surface area contributed by atoms with Crippen LogP contribution in [-0.4, -0.2) is 27.1 Å². The van der Waals surface area contributed by atoms with E-state index < -0.39 is 11.2 Å². The molecule has 0 bridgehead atoms. The van der Waals surface area contributed by atoms with E-state index in [2.05, 4.69) is 10.3 Å². The van der Waals surface area contributed by atoms with E-state index in [1.807, 2.05) is 24.3 Å². The number of fused-ring (bicyclic) bond motifs is 1. The van der Waals surface area contributed by atoms with E-state index >= 15 is 0 Å². The fourth-order valence-electron chi connectivity index (χ4n) is 3.48. The van der Waals surface area contributed by atoms with Crippen LogP contribution in [0.3, 0.4) is 0 Å². The fraction of sp³-hybridized carbons (Fsp3) is 0.167. The van der Waals surface area contributed by atoms with E-state index in [1.165, 1.54) is 10.6 Å². The maximum absolute atomic E-state index is 13.1. The zero-order chi connectivity index (χ0) is 22.7. The quantitative estimate of drug-likeness (QED) is 0.505. The van der Waals surface area contributed by atoms with Gasteiger partial charge in [0.1, 0.15) is 5.75 Å². The highest BCUT2D eigenvalue weighted by Crippen LogP contribution is 2.13. The molecule has 0 saturated carbocycles. The first kappa shape index (κ1) is 21.0. The Balaban J connectivity index is 1.64. The summed E-state index contributed by atoms with van der Waals surface area (Å²) in [6.07, 6.45) is 1.61. The summed E-state index contributed by atoms with van der Waals surface area (Å²) < 4.78 is 7.66. The van der Waals surface area contributed by atoms with Crippen molar-refractivity contribution >= 4 is 16.8 Å². The van der Waals surface area contributed by atoms with Gasteiger partial charge in [0.2, 0.25) is 0 Å². The number of hydrogen-bond acceptors (Lipinski definition) is 5. The van der Waals surface area contributed by atoms with Crippen molar-refractivity contribution in [2.24, 2.45) is 7.05 Å². The third-order valence-corrected chi connectivity index (χ3v) is 5.27. The maximum Gasteiger partial charge on any atom is 0.331 e. The van der Waals surface area contributed by atoms with Crippen molar-refractivity contribution < 1.29 is 9.53 Å². The summed E-state index contributed by atoms with van der Waals surface area (Å²) in [5.41, 5.74) is 1.41. The second kappa shape index (κ2) is 8.89. The van der Waals surface area contributed by atoms with E-state index in [0.717, 1.165) is 15.9 Å². The highest BCUT2D eigenvalue weighted by Gasteiger charge is 2.14. The highest BCUT2D eigenvalue weighted by molar-refractivity contribution is 5.97. The van der Waals surface area contributed by atoms with Gasteiger partial charge in [0.25, 0.3) is 11.5 Å². The molecular formula is C24H22N4O4. The molecule has 4 rings (SSSR count). The van der Waals surface area contributed by atoms with Crippen LogP contribution in [-0.2, 0) is 20.1 Å². The van der Waals surface area contributed by atoms with Crippen molar-refractivity contribution in [3.8, 4) is 5.75 Å². The van der Waals surface area contributed by atoms with Crippen LogP contribution >= 0.6 is 0 Å². The van der Waals surface area contributed by atoms with E-state index in [9.17, 15) is 14.4 Å². The molecule has 0 spiro atoms. The molecular weight excluding hydrogens is 408 g/mol. The molecule has 8 heteroatoms. The zero-order valence-electron chi connectivity index (χ0n) is 17.7. The van der Waals surface area contributed by atoms with Gasteiger partial charge in [-0.25, -0.2) is 4.79 Å². The summed E-state index contributed by atoms with van der Waals surface area (Å²) in [4.78, 5) is 42.7. The summed E-state index contributed by atoms with van der Waals surface area (Å²) in [6.45, 7) is 0.383. The summed E-state index contributed by atoms with van der Waals surface area (Å²) >= 11 is 0. The van der Waals surface area contributed by atoms with Gasteiger partial charge < -0.3 is 10.1 Å². The Labute approximate surface area is 183 Å². The second-order valence-electron chi connectivity index (χ2n) is 7.32. The number of aromatic nitrogens is 3. The summed E-state index contributed by atoms with van der Waals surface area (Å²) in [5, 5.41) is 3.14. The highest BCUT2D eigenvalue weighted by atomic mass is 16.5. The second-order valence-corrected chi connectivity index (χ2v) is 7.32. The van der Waals surface area contributed by atoms with Crippen LogP contribution in [0.15, 0.2) is 76.4 Å². The molecule has 2 aromatic carbocycles. The number of carbonyl (C=O) groups excluding carboxylic acids is 1. The molecule has 0 aliphatic rings. The number of pyridine rings is 1. The molecule has 1 amide bonds. The normalized spacial score (nSPS) is 10.8. The molecule has 0 radical (unpaired) electrons. The van der Waals surface area contributed by atoms with Crippen molar-refractivity contribution in [3.05, 3.63) is 105 Å². The number of amides is 1. The number of nitrogens with zero attached hydrogens (tertiary/aromatic N) is 3. The SMILES string of the molecule is COc1ccc(CNC(=O)c2ccc3c(c2)c(=O)n(Cc2ccccn2)c(=O)n3C)cc1. The minimum atomic E-state index is -0.460.